The fourth-order valence-electron chi connectivity index (χ4n) is 4.18. The van der Waals surface area contributed by atoms with Crippen molar-refractivity contribution in [2.45, 2.75) is 25.7 Å². The fourth-order valence-corrected chi connectivity index (χ4v) is 4.18. The third kappa shape index (κ3) is 3.32. The molecular weight excluding hydrogens is 336 g/mol. The number of ketones is 1. The minimum Gasteiger partial charge on any atom is -0.507 e. The third-order valence-corrected chi connectivity index (χ3v) is 5.61. The molecule has 2 heterocycles. The number of hydrogen-bond acceptors (Lipinski definition) is 4. The Morgan fingerprint density at radius 2 is 1.81 bits per heavy atom. The number of allylic oxidation sites excluding steroid dienone is 1. The van der Waals surface area contributed by atoms with E-state index in [1.165, 1.54) is 11.3 Å². The smallest absolute Gasteiger partial charge is 0.185 e. The van der Waals surface area contributed by atoms with Crippen LogP contribution in [-0.4, -0.2) is 38.1 Å². The maximum atomic E-state index is 12.5. The first kappa shape index (κ1) is 17.7. The van der Waals surface area contributed by atoms with E-state index in [1.807, 2.05) is 43.3 Å². The molecule has 140 valence electrons. The van der Waals surface area contributed by atoms with Gasteiger partial charge in [-0.25, -0.2) is 0 Å². The molecule has 2 aromatic rings. The van der Waals surface area contributed by atoms with Gasteiger partial charge in [0.15, 0.2) is 5.78 Å². The van der Waals surface area contributed by atoms with E-state index in [0.717, 1.165) is 55.6 Å². The van der Waals surface area contributed by atoms with E-state index in [9.17, 15) is 9.90 Å². The summed E-state index contributed by atoms with van der Waals surface area (Å²) >= 11 is 0. The van der Waals surface area contributed by atoms with Crippen molar-refractivity contribution in [2.75, 3.05) is 37.0 Å². The van der Waals surface area contributed by atoms with Crippen molar-refractivity contribution >= 4 is 23.2 Å². The molecule has 4 nitrogen and oxygen atoms in total. The largest absolute Gasteiger partial charge is 0.507 e. The van der Waals surface area contributed by atoms with E-state index < -0.39 is 0 Å². The van der Waals surface area contributed by atoms with Crippen molar-refractivity contribution in [1.82, 2.24) is 0 Å². The normalized spacial score (nSPS) is 15.7. The monoisotopic (exact) mass is 362 g/mol. The van der Waals surface area contributed by atoms with Crippen LogP contribution in [-0.2, 0) is 12.8 Å². The van der Waals surface area contributed by atoms with E-state index in [2.05, 4.69) is 11.0 Å². The molecule has 0 saturated carbocycles. The molecule has 1 N–H and O–H groups in total. The zero-order valence-corrected chi connectivity index (χ0v) is 16.0. The lowest BCUT2D eigenvalue weighted by Crippen LogP contribution is -2.34. The molecule has 0 bridgehead atoms. The Labute approximate surface area is 160 Å². The summed E-state index contributed by atoms with van der Waals surface area (Å²) in [6, 6.07) is 9.63. The molecule has 2 aliphatic rings. The standard InChI is InChI=1S/C23H26N2O2/c1-24(2)19-10-7-16(8-11-19)21(26)12-9-18-15-17-5-3-13-25-14-4-6-20(22(17)25)23(18)27/h7-12,15,27H,3-6,13-14H2,1-2H3/b12-9-. The van der Waals surface area contributed by atoms with Gasteiger partial charge in [0.05, 0.1) is 0 Å². The number of aromatic hydroxyl groups is 1. The van der Waals surface area contributed by atoms with E-state index in [1.54, 1.807) is 12.2 Å². The van der Waals surface area contributed by atoms with Crippen molar-refractivity contribution in [2.24, 2.45) is 0 Å². The van der Waals surface area contributed by atoms with Gasteiger partial charge in [-0.05, 0) is 73.7 Å². The van der Waals surface area contributed by atoms with Crippen LogP contribution in [0.1, 0.15) is 39.9 Å². The zero-order valence-electron chi connectivity index (χ0n) is 16.0. The maximum absolute atomic E-state index is 12.5. The van der Waals surface area contributed by atoms with Crippen molar-refractivity contribution < 1.29 is 9.90 Å². The van der Waals surface area contributed by atoms with Crippen LogP contribution in [0.3, 0.4) is 0 Å². The van der Waals surface area contributed by atoms with Gasteiger partial charge < -0.3 is 14.9 Å². The van der Waals surface area contributed by atoms with Crippen LogP contribution < -0.4 is 9.80 Å². The first-order chi connectivity index (χ1) is 13.0. The lowest BCUT2D eigenvalue weighted by molar-refractivity contribution is 0.104. The predicted molar refractivity (Wildman–Crippen MR) is 111 cm³/mol. The van der Waals surface area contributed by atoms with E-state index in [4.69, 9.17) is 0 Å². The summed E-state index contributed by atoms with van der Waals surface area (Å²) in [5.74, 6) is 0.292. The molecule has 0 atom stereocenters. The van der Waals surface area contributed by atoms with Crippen LogP contribution in [0.2, 0.25) is 0 Å². The lowest BCUT2D eigenvalue weighted by Gasteiger charge is -2.37. The SMILES string of the molecule is CN(C)c1ccc(C(=O)/C=C\c2cc3c4c(c2O)CCCN4CCC3)cc1. The molecule has 0 saturated heterocycles. The summed E-state index contributed by atoms with van der Waals surface area (Å²) < 4.78 is 0. The lowest BCUT2D eigenvalue weighted by atomic mass is 9.89. The number of aryl methyl sites for hydroxylation is 1. The molecule has 0 fully saturated rings. The van der Waals surface area contributed by atoms with Crippen LogP contribution in [0, 0.1) is 0 Å². The highest BCUT2D eigenvalue weighted by atomic mass is 16.3. The number of nitrogens with zero attached hydrogens (tertiary/aromatic N) is 2. The summed E-state index contributed by atoms with van der Waals surface area (Å²) in [5.41, 5.74) is 6.07. The number of benzene rings is 2. The summed E-state index contributed by atoms with van der Waals surface area (Å²) in [7, 11) is 3.95. The number of rotatable bonds is 4. The molecule has 0 aliphatic carbocycles. The molecule has 0 amide bonds. The average molecular weight is 362 g/mol. The van der Waals surface area contributed by atoms with Gasteiger partial charge in [0, 0.05) is 55.2 Å². The van der Waals surface area contributed by atoms with Crippen LogP contribution in [0.4, 0.5) is 11.4 Å². The first-order valence-electron chi connectivity index (χ1n) is 9.67. The Morgan fingerprint density at radius 3 is 2.52 bits per heavy atom. The van der Waals surface area contributed by atoms with Gasteiger partial charge >= 0.3 is 0 Å². The third-order valence-electron chi connectivity index (χ3n) is 5.61. The highest BCUT2D eigenvalue weighted by Crippen LogP contribution is 2.42. The van der Waals surface area contributed by atoms with Gasteiger partial charge in [-0.3, -0.25) is 4.79 Å². The van der Waals surface area contributed by atoms with Crippen molar-refractivity contribution in [3.05, 3.63) is 58.7 Å². The number of carbonyl (C=O) groups excluding carboxylic acids is 1. The topological polar surface area (TPSA) is 43.8 Å². The Bertz CT molecular complexity index is 896. The summed E-state index contributed by atoms with van der Waals surface area (Å²) in [5, 5.41) is 10.8. The molecule has 2 aromatic carbocycles. The second-order valence-electron chi connectivity index (χ2n) is 7.63. The van der Waals surface area contributed by atoms with Gasteiger partial charge in [0.25, 0.3) is 0 Å². The van der Waals surface area contributed by atoms with Crippen molar-refractivity contribution in [1.29, 1.82) is 0 Å². The van der Waals surface area contributed by atoms with Gasteiger partial charge in [-0.1, -0.05) is 0 Å². The molecule has 2 aliphatic heterocycles. The highest BCUT2D eigenvalue weighted by molar-refractivity contribution is 6.07. The number of carbonyl (C=O) groups is 1. The summed E-state index contributed by atoms with van der Waals surface area (Å²) in [6.45, 7) is 2.16. The van der Waals surface area contributed by atoms with Crippen LogP contribution in [0.15, 0.2) is 36.4 Å². The van der Waals surface area contributed by atoms with Gasteiger partial charge in [-0.2, -0.15) is 0 Å². The quantitative estimate of drug-likeness (QED) is 0.658. The van der Waals surface area contributed by atoms with Gasteiger partial charge in [0.2, 0.25) is 0 Å². The number of hydrogen-bond donors (Lipinski definition) is 1. The van der Waals surface area contributed by atoms with Crippen LogP contribution in [0.25, 0.3) is 6.08 Å². The number of phenolic OH excluding ortho intramolecular Hbond substituents is 1. The Kier molecular flexibility index (Phi) is 4.65. The molecule has 4 rings (SSSR count). The average Bonchev–Trinajstić information content (AvgIpc) is 2.69. The second-order valence-corrected chi connectivity index (χ2v) is 7.63. The van der Waals surface area contributed by atoms with Gasteiger partial charge in [0.1, 0.15) is 5.75 Å². The minimum absolute atomic E-state index is 0.0484. The van der Waals surface area contributed by atoms with E-state index in [0.29, 0.717) is 11.3 Å². The number of anilines is 2. The van der Waals surface area contributed by atoms with E-state index >= 15 is 0 Å². The second kappa shape index (κ2) is 7.10. The molecule has 0 spiro atoms. The number of phenols is 1. The molecule has 0 aromatic heterocycles. The van der Waals surface area contributed by atoms with Crippen LogP contribution >= 0.6 is 0 Å². The van der Waals surface area contributed by atoms with Crippen molar-refractivity contribution in [3.63, 3.8) is 0 Å². The molecular formula is C23H26N2O2. The molecule has 0 radical (unpaired) electrons. The predicted octanol–water partition coefficient (Wildman–Crippen LogP) is 4.05. The Morgan fingerprint density at radius 1 is 1.11 bits per heavy atom. The maximum Gasteiger partial charge on any atom is 0.185 e. The highest BCUT2D eigenvalue weighted by Gasteiger charge is 2.27. The first-order valence-corrected chi connectivity index (χ1v) is 9.67. The fraction of sp³-hybridized carbons (Fsp3) is 0.348. The van der Waals surface area contributed by atoms with Crippen molar-refractivity contribution in [3.8, 4) is 5.75 Å². The van der Waals surface area contributed by atoms with E-state index in [-0.39, 0.29) is 5.78 Å². The summed E-state index contributed by atoms with van der Waals surface area (Å²) in [4.78, 5) is 16.9. The molecule has 27 heavy (non-hydrogen) atoms. The zero-order chi connectivity index (χ0) is 19.0. The minimum atomic E-state index is -0.0484. The molecule has 0 unspecified atom stereocenters. The Hall–Kier alpha value is -2.75. The Balaban J connectivity index is 1.61. The van der Waals surface area contributed by atoms with Gasteiger partial charge in [-0.15, -0.1) is 0 Å². The van der Waals surface area contributed by atoms with Crippen LogP contribution in [0.5, 0.6) is 5.75 Å². The molecule has 4 heteroatoms. The summed E-state index contributed by atoms with van der Waals surface area (Å²) in [6.07, 6.45) is 7.51.